The second-order valence-corrected chi connectivity index (χ2v) is 14.9. The molecule has 11 aromatic rings. The van der Waals surface area contributed by atoms with Crippen molar-refractivity contribution in [3.8, 4) is 73.0 Å². The van der Waals surface area contributed by atoms with E-state index in [2.05, 4.69) is 179 Å². The molecule has 0 aliphatic heterocycles. The summed E-state index contributed by atoms with van der Waals surface area (Å²) in [7, 11) is 0. The molecule has 0 amide bonds. The Morgan fingerprint density at radius 3 is 1.61 bits per heavy atom. The highest BCUT2D eigenvalue weighted by molar-refractivity contribution is 6.24. The van der Waals surface area contributed by atoms with Gasteiger partial charge in [-0.1, -0.05) is 158 Å². The Morgan fingerprint density at radius 2 is 0.898 bits per heavy atom. The quantitative estimate of drug-likeness (QED) is 0.163. The van der Waals surface area contributed by atoms with Gasteiger partial charge >= 0.3 is 0 Å². The fourth-order valence-electron chi connectivity index (χ4n) is 8.45. The van der Waals surface area contributed by atoms with Gasteiger partial charge < -0.3 is 4.57 Å². The Balaban J connectivity index is 1.06. The fraction of sp³-hybridized carbons (Fsp3) is 0. The Hall–Kier alpha value is -7.95. The zero-order valence-corrected chi connectivity index (χ0v) is 32.1. The number of hydrogen-bond donors (Lipinski definition) is 0. The molecule has 0 radical (unpaired) electrons. The van der Waals surface area contributed by atoms with E-state index in [1.165, 1.54) is 54.8 Å². The van der Waals surface area contributed by atoms with Crippen molar-refractivity contribution in [2.24, 2.45) is 0 Å². The SMILES string of the molecule is c1ccc(-c2cc(-c3cccc(-c4cc5ccccc5c5c4c4ccccc4n5-c4ccc(-c5ccc(-c6ccncc6)cc5)cc4)c3)nc(-c3ccccc3)n2)cc1. The largest absolute Gasteiger partial charge is 0.309 e. The van der Waals surface area contributed by atoms with Crippen LogP contribution in [0.4, 0.5) is 0 Å². The maximum atomic E-state index is 5.17. The summed E-state index contributed by atoms with van der Waals surface area (Å²) in [5.74, 6) is 0.705. The van der Waals surface area contributed by atoms with E-state index in [4.69, 9.17) is 9.97 Å². The highest BCUT2D eigenvalue weighted by Gasteiger charge is 2.20. The third-order valence-electron chi connectivity index (χ3n) is 11.3. The topological polar surface area (TPSA) is 43.6 Å². The highest BCUT2D eigenvalue weighted by atomic mass is 15.0. The summed E-state index contributed by atoms with van der Waals surface area (Å²) in [6.07, 6.45) is 3.67. The predicted molar refractivity (Wildman–Crippen MR) is 244 cm³/mol. The van der Waals surface area contributed by atoms with Crippen LogP contribution in [0.1, 0.15) is 0 Å². The molecule has 0 spiro atoms. The third kappa shape index (κ3) is 6.24. The van der Waals surface area contributed by atoms with Gasteiger partial charge in [0.1, 0.15) is 0 Å². The van der Waals surface area contributed by atoms with Crippen LogP contribution in [-0.4, -0.2) is 19.5 Å². The summed E-state index contributed by atoms with van der Waals surface area (Å²) in [5.41, 5.74) is 15.3. The summed E-state index contributed by atoms with van der Waals surface area (Å²) in [5, 5.41) is 4.84. The summed E-state index contributed by atoms with van der Waals surface area (Å²) in [4.78, 5) is 14.4. The molecule has 276 valence electrons. The molecule has 0 saturated heterocycles. The lowest BCUT2D eigenvalue weighted by Gasteiger charge is -2.14. The molecule has 8 aromatic carbocycles. The number of hydrogen-bond acceptors (Lipinski definition) is 3. The standard InChI is InChI=1S/C55H36N4/c1-3-12-41(13-4-1)50-36-51(58-55(57-50)42-14-5-2-6-15-42)45-18-11-17-43(34-45)49-35-44-16-7-8-19-47(44)54-53(49)48-20-9-10-21-52(48)59(54)46-28-26-39(27-29-46)37-22-24-38(25-23-37)40-30-32-56-33-31-40/h1-36H. The molecule has 4 heteroatoms. The maximum Gasteiger partial charge on any atom is 0.160 e. The van der Waals surface area contributed by atoms with Gasteiger partial charge in [-0.25, -0.2) is 9.97 Å². The average Bonchev–Trinajstić information content (AvgIpc) is 3.68. The molecule has 0 fully saturated rings. The first kappa shape index (κ1) is 34.3. The normalized spacial score (nSPS) is 11.4. The average molecular weight is 753 g/mol. The zero-order valence-electron chi connectivity index (χ0n) is 32.1. The van der Waals surface area contributed by atoms with Gasteiger partial charge in [-0.15, -0.1) is 0 Å². The van der Waals surface area contributed by atoms with E-state index in [1.54, 1.807) is 0 Å². The molecule has 4 nitrogen and oxygen atoms in total. The number of aromatic nitrogens is 4. The van der Waals surface area contributed by atoms with Crippen molar-refractivity contribution >= 4 is 32.6 Å². The zero-order chi connectivity index (χ0) is 39.1. The molecule has 0 N–H and O–H groups in total. The number of benzene rings is 8. The second kappa shape index (κ2) is 14.5. The Bertz CT molecular complexity index is 3220. The minimum atomic E-state index is 0.705. The van der Waals surface area contributed by atoms with Crippen molar-refractivity contribution in [1.82, 2.24) is 19.5 Å². The van der Waals surface area contributed by atoms with Crippen LogP contribution >= 0.6 is 0 Å². The van der Waals surface area contributed by atoms with E-state index in [9.17, 15) is 0 Å². The number of rotatable bonds is 7. The molecule has 0 aliphatic rings. The van der Waals surface area contributed by atoms with Crippen molar-refractivity contribution in [2.45, 2.75) is 0 Å². The molecule has 0 atom stereocenters. The maximum absolute atomic E-state index is 5.17. The van der Waals surface area contributed by atoms with Crippen molar-refractivity contribution < 1.29 is 0 Å². The molecule has 0 unspecified atom stereocenters. The number of fused-ring (bicyclic) bond motifs is 5. The molecular formula is C55H36N4. The minimum absolute atomic E-state index is 0.705. The van der Waals surface area contributed by atoms with Gasteiger partial charge in [0.15, 0.2) is 5.82 Å². The van der Waals surface area contributed by atoms with Crippen LogP contribution in [0.3, 0.4) is 0 Å². The van der Waals surface area contributed by atoms with Crippen LogP contribution < -0.4 is 0 Å². The van der Waals surface area contributed by atoms with Crippen molar-refractivity contribution in [2.75, 3.05) is 0 Å². The lowest BCUT2D eigenvalue weighted by Crippen LogP contribution is -1.96. The van der Waals surface area contributed by atoms with Crippen LogP contribution in [0.25, 0.3) is 106 Å². The van der Waals surface area contributed by atoms with Crippen LogP contribution in [0.2, 0.25) is 0 Å². The first-order valence-electron chi connectivity index (χ1n) is 19.9. The van der Waals surface area contributed by atoms with Gasteiger partial charge in [0.25, 0.3) is 0 Å². The molecule has 0 bridgehead atoms. The van der Waals surface area contributed by atoms with Crippen molar-refractivity contribution in [1.29, 1.82) is 0 Å². The van der Waals surface area contributed by atoms with Crippen LogP contribution in [0, 0.1) is 0 Å². The fourth-order valence-corrected chi connectivity index (χ4v) is 8.45. The van der Waals surface area contributed by atoms with Gasteiger partial charge in [-0.2, -0.15) is 0 Å². The Kier molecular flexibility index (Phi) is 8.45. The monoisotopic (exact) mass is 752 g/mol. The van der Waals surface area contributed by atoms with Gasteiger partial charge in [-0.05, 0) is 87.3 Å². The highest BCUT2D eigenvalue weighted by Crippen LogP contribution is 2.43. The van der Waals surface area contributed by atoms with E-state index < -0.39 is 0 Å². The molecule has 3 aromatic heterocycles. The first-order chi connectivity index (χ1) is 29.2. The van der Waals surface area contributed by atoms with E-state index in [0.717, 1.165) is 44.9 Å². The summed E-state index contributed by atoms with van der Waals surface area (Å²) < 4.78 is 2.44. The molecule has 59 heavy (non-hydrogen) atoms. The van der Waals surface area contributed by atoms with Crippen LogP contribution in [0.5, 0.6) is 0 Å². The Morgan fingerprint density at radius 1 is 0.356 bits per heavy atom. The first-order valence-corrected chi connectivity index (χ1v) is 19.9. The summed E-state index contributed by atoms with van der Waals surface area (Å²) >= 11 is 0. The lowest BCUT2D eigenvalue weighted by atomic mass is 9.93. The van der Waals surface area contributed by atoms with Gasteiger partial charge in [0, 0.05) is 50.9 Å². The van der Waals surface area contributed by atoms with E-state index in [-0.39, 0.29) is 0 Å². The summed E-state index contributed by atoms with van der Waals surface area (Å²) in [6.45, 7) is 0. The number of nitrogens with zero attached hydrogens (tertiary/aromatic N) is 4. The van der Waals surface area contributed by atoms with E-state index in [0.29, 0.717) is 5.82 Å². The van der Waals surface area contributed by atoms with Crippen molar-refractivity contribution in [3.63, 3.8) is 0 Å². The van der Waals surface area contributed by atoms with Crippen molar-refractivity contribution in [3.05, 3.63) is 219 Å². The van der Waals surface area contributed by atoms with Crippen LogP contribution in [0.15, 0.2) is 219 Å². The van der Waals surface area contributed by atoms with E-state index in [1.807, 2.05) is 48.8 Å². The second-order valence-electron chi connectivity index (χ2n) is 14.9. The smallest absolute Gasteiger partial charge is 0.160 e. The molecule has 11 rings (SSSR count). The molecule has 3 heterocycles. The summed E-state index contributed by atoms with van der Waals surface area (Å²) in [6, 6.07) is 73.3. The predicted octanol–water partition coefficient (Wildman–Crippen LogP) is 14.1. The van der Waals surface area contributed by atoms with E-state index >= 15 is 0 Å². The van der Waals surface area contributed by atoms with Gasteiger partial charge in [0.2, 0.25) is 0 Å². The Labute approximate surface area is 342 Å². The van der Waals surface area contributed by atoms with Crippen LogP contribution in [-0.2, 0) is 0 Å². The molecular weight excluding hydrogens is 717 g/mol. The minimum Gasteiger partial charge on any atom is -0.309 e. The molecule has 0 saturated carbocycles. The number of para-hydroxylation sites is 1. The van der Waals surface area contributed by atoms with Gasteiger partial charge in [-0.3, -0.25) is 4.98 Å². The molecule has 0 aliphatic carbocycles. The third-order valence-corrected chi connectivity index (χ3v) is 11.3. The van der Waals surface area contributed by atoms with Gasteiger partial charge in [0.05, 0.1) is 22.4 Å². The number of pyridine rings is 1. The lowest BCUT2D eigenvalue weighted by molar-refractivity contribution is 1.18.